The Bertz CT molecular complexity index is 1330. The maximum atomic E-state index is 2.52. The van der Waals surface area contributed by atoms with Crippen molar-refractivity contribution in [1.29, 1.82) is 0 Å². The molecule has 0 saturated carbocycles. The van der Waals surface area contributed by atoms with E-state index >= 15 is 0 Å². The van der Waals surface area contributed by atoms with Gasteiger partial charge in [-0.2, -0.15) is 4.57 Å². The number of nitrogens with zero attached hydrogens (tertiary/aromatic N) is 4. The third-order valence-corrected chi connectivity index (χ3v) is 9.92. The van der Waals surface area contributed by atoms with Crippen LogP contribution in [0, 0.1) is 0 Å². The molecule has 4 nitrogen and oxygen atoms in total. The molecule has 3 aromatic rings. The number of allylic oxidation sites excluding steroid dienone is 4. The van der Waals surface area contributed by atoms with Gasteiger partial charge in [-0.25, -0.2) is 0 Å². The molecule has 0 unspecified atom stereocenters. The maximum Gasteiger partial charge on any atom is 0.262 e. The van der Waals surface area contributed by atoms with Crippen LogP contribution in [0.2, 0.25) is 0 Å². The Balaban J connectivity index is 1.35. The number of fused-ring (bicyclic) bond motifs is 2. The SMILES string of the molecule is CCC[N+](C)(C)CCC[N+](C)(C)CCCN1C(=CC=CC=Cc2sc3ccccc3[n+]2C)Sc2ccccc21. The molecule has 2 aromatic carbocycles. The lowest BCUT2D eigenvalue weighted by atomic mass is 10.2. The van der Waals surface area contributed by atoms with E-state index in [0.717, 1.165) is 15.5 Å². The zero-order chi connectivity index (χ0) is 27.9. The lowest BCUT2D eigenvalue weighted by Gasteiger charge is -2.34. The molecule has 0 aliphatic carbocycles. The number of para-hydroxylation sites is 2. The van der Waals surface area contributed by atoms with Gasteiger partial charge in [0.1, 0.15) is 11.7 Å². The molecule has 4 rings (SSSR count). The molecule has 0 bridgehead atoms. The predicted molar refractivity (Wildman–Crippen MR) is 172 cm³/mol. The third-order valence-electron chi connectivity index (χ3n) is 7.61. The molecule has 0 radical (unpaired) electrons. The lowest BCUT2D eigenvalue weighted by molar-refractivity contribution is -0.909. The summed E-state index contributed by atoms with van der Waals surface area (Å²) in [6.07, 6.45) is 14.7. The van der Waals surface area contributed by atoms with Crippen LogP contribution in [-0.4, -0.2) is 69.9 Å². The van der Waals surface area contributed by atoms with Gasteiger partial charge < -0.3 is 13.9 Å². The Morgan fingerprint density at radius 1 is 0.821 bits per heavy atom. The second-order valence-electron chi connectivity index (χ2n) is 11.9. The van der Waals surface area contributed by atoms with E-state index < -0.39 is 0 Å². The van der Waals surface area contributed by atoms with E-state index in [-0.39, 0.29) is 0 Å². The zero-order valence-corrected chi connectivity index (χ0v) is 26.4. The molecule has 0 amide bonds. The Morgan fingerprint density at radius 2 is 1.51 bits per heavy atom. The number of benzene rings is 2. The van der Waals surface area contributed by atoms with Crippen molar-refractivity contribution in [2.75, 3.05) is 65.8 Å². The van der Waals surface area contributed by atoms with Gasteiger partial charge in [-0.3, -0.25) is 0 Å². The highest BCUT2D eigenvalue weighted by Gasteiger charge is 2.25. The Morgan fingerprint density at radius 3 is 2.28 bits per heavy atom. The molecule has 2 heterocycles. The number of rotatable bonds is 13. The summed E-state index contributed by atoms with van der Waals surface area (Å²) in [5.74, 6) is 0. The Labute approximate surface area is 244 Å². The van der Waals surface area contributed by atoms with E-state index in [0.29, 0.717) is 0 Å². The van der Waals surface area contributed by atoms with Crippen molar-refractivity contribution in [2.24, 2.45) is 7.05 Å². The van der Waals surface area contributed by atoms with Crippen molar-refractivity contribution < 1.29 is 13.5 Å². The second-order valence-corrected chi connectivity index (χ2v) is 14.0. The average molecular weight is 564 g/mol. The van der Waals surface area contributed by atoms with Crippen molar-refractivity contribution in [1.82, 2.24) is 0 Å². The van der Waals surface area contributed by atoms with E-state index in [9.17, 15) is 0 Å². The standard InChI is InChI=1S/C33H47N4S2/c1-7-24-36(3,4)26-16-27-37(5,6)25-15-23-35-29-18-12-14-20-31(29)39-33(35)22-10-8-9-21-32-34(2)28-17-11-13-19-30(28)38-32/h8-14,17-22H,7,15-16,23-27H2,1-6H3/q+3. The number of aromatic nitrogens is 1. The van der Waals surface area contributed by atoms with Crippen molar-refractivity contribution in [3.63, 3.8) is 0 Å². The average Bonchev–Trinajstić information content (AvgIpc) is 3.40. The van der Waals surface area contributed by atoms with Gasteiger partial charge in [0.05, 0.1) is 65.1 Å². The van der Waals surface area contributed by atoms with E-state index in [2.05, 4.69) is 131 Å². The van der Waals surface area contributed by atoms with Crippen LogP contribution in [0.3, 0.4) is 0 Å². The highest BCUT2D eigenvalue weighted by atomic mass is 32.2. The molecular formula is C33H47N4S2+3. The van der Waals surface area contributed by atoms with Gasteiger partial charge in [0.25, 0.3) is 5.01 Å². The molecule has 208 valence electrons. The predicted octanol–water partition coefficient (Wildman–Crippen LogP) is 7.09. The summed E-state index contributed by atoms with van der Waals surface area (Å²) in [6, 6.07) is 17.4. The maximum absolute atomic E-state index is 2.52. The highest BCUT2D eigenvalue weighted by Crippen LogP contribution is 2.45. The van der Waals surface area contributed by atoms with Crippen LogP contribution in [0.15, 0.2) is 82.8 Å². The lowest BCUT2D eigenvalue weighted by Crippen LogP contribution is -2.46. The van der Waals surface area contributed by atoms with Crippen molar-refractivity contribution >= 4 is 45.1 Å². The first-order chi connectivity index (χ1) is 18.7. The summed E-state index contributed by atoms with van der Waals surface area (Å²) in [5, 5.41) is 2.57. The number of hydrogen-bond donors (Lipinski definition) is 0. The van der Waals surface area contributed by atoms with Crippen LogP contribution in [0.4, 0.5) is 5.69 Å². The van der Waals surface area contributed by atoms with Gasteiger partial charge in [0.2, 0.25) is 5.52 Å². The third kappa shape index (κ3) is 8.07. The minimum Gasteiger partial charge on any atom is -0.335 e. The first-order valence-electron chi connectivity index (χ1n) is 14.3. The summed E-state index contributed by atoms with van der Waals surface area (Å²) in [7, 11) is 11.7. The number of thiazole rings is 1. The summed E-state index contributed by atoms with van der Waals surface area (Å²) >= 11 is 3.72. The normalized spacial score (nSPS) is 15.4. The van der Waals surface area contributed by atoms with Crippen LogP contribution in [0.1, 0.15) is 31.2 Å². The molecule has 0 saturated heterocycles. The summed E-state index contributed by atoms with van der Waals surface area (Å²) in [6.45, 7) is 8.31. The highest BCUT2D eigenvalue weighted by molar-refractivity contribution is 8.03. The van der Waals surface area contributed by atoms with E-state index in [1.165, 1.54) is 76.3 Å². The van der Waals surface area contributed by atoms with Crippen molar-refractivity contribution in [3.05, 3.63) is 82.9 Å². The molecular weight excluding hydrogens is 517 g/mol. The first kappa shape index (κ1) is 29.6. The fraction of sp³-hybridized carbons (Fsp3) is 0.424. The van der Waals surface area contributed by atoms with Crippen molar-refractivity contribution in [2.45, 2.75) is 31.1 Å². The van der Waals surface area contributed by atoms with E-state index in [1.807, 2.05) is 23.1 Å². The minimum atomic E-state index is 1.05. The van der Waals surface area contributed by atoms with Crippen LogP contribution in [0.25, 0.3) is 16.3 Å². The number of aryl methyl sites for hydroxylation is 1. The molecule has 6 heteroatoms. The quantitative estimate of drug-likeness (QED) is 0.124. The van der Waals surface area contributed by atoms with Gasteiger partial charge >= 0.3 is 0 Å². The molecule has 1 aromatic heterocycles. The molecule has 0 fully saturated rings. The second kappa shape index (κ2) is 13.3. The van der Waals surface area contributed by atoms with Gasteiger partial charge in [0.15, 0.2) is 0 Å². The van der Waals surface area contributed by atoms with E-state index in [1.54, 1.807) is 0 Å². The molecule has 1 aliphatic heterocycles. The molecule has 1 aliphatic rings. The number of hydrogen-bond acceptors (Lipinski definition) is 3. The largest absolute Gasteiger partial charge is 0.335 e. The van der Waals surface area contributed by atoms with Gasteiger partial charge in [-0.1, -0.05) is 72.5 Å². The molecule has 39 heavy (non-hydrogen) atoms. The van der Waals surface area contributed by atoms with Crippen LogP contribution in [-0.2, 0) is 7.05 Å². The zero-order valence-electron chi connectivity index (χ0n) is 24.8. The monoisotopic (exact) mass is 563 g/mol. The Hall–Kier alpha value is -2.38. The first-order valence-corrected chi connectivity index (χ1v) is 15.9. The van der Waals surface area contributed by atoms with Crippen LogP contribution >= 0.6 is 23.1 Å². The topological polar surface area (TPSA) is 7.12 Å². The minimum absolute atomic E-state index is 1.05. The van der Waals surface area contributed by atoms with Crippen molar-refractivity contribution in [3.8, 4) is 0 Å². The fourth-order valence-electron chi connectivity index (χ4n) is 5.43. The van der Waals surface area contributed by atoms with Gasteiger partial charge in [0, 0.05) is 36.4 Å². The number of quaternary nitrogens is 2. The van der Waals surface area contributed by atoms with Crippen LogP contribution in [0.5, 0.6) is 0 Å². The molecule has 0 N–H and O–H groups in total. The van der Waals surface area contributed by atoms with Crippen LogP contribution < -0.4 is 9.47 Å². The number of anilines is 1. The van der Waals surface area contributed by atoms with Gasteiger partial charge in [-0.15, -0.1) is 0 Å². The van der Waals surface area contributed by atoms with Gasteiger partial charge in [-0.05, 0) is 30.7 Å². The summed E-state index contributed by atoms with van der Waals surface area (Å²) in [5.41, 5.74) is 2.63. The number of thioether (sulfide) groups is 1. The smallest absolute Gasteiger partial charge is 0.262 e. The summed E-state index contributed by atoms with van der Waals surface area (Å²) in [4.78, 5) is 3.87. The van der Waals surface area contributed by atoms with E-state index in [4.69, 9.17) is 0 Å². The fourth-order valence-corrected chi connectivity index (χ4v) is 7.59. The molecule has 0 spiro atoms. The summed E-state index contributed by atoms with van der Waals surface area (Å²) < 4.78 is 5.81. The molecule has 0 atom stereocenters. The Kier molecular flexibility index (Phi) is 10.1.